The molecule has 2 amide bonds. The molecule has 0 fully saturated rings. The molecule has 0 radical (unpaired) electrons. The summed E-state index contributed by atoms with van der Waals surface area (Å²) >= 11 is 0. The standard InChI is InChI=1S/C22H18F2N2O4/c23-22(24)30-19-12-8-16(9-13-19)26-20(27)14-25-21(28)15-6-10-18(11-7-15)29-17-4-2-1-3-5-17/h1-13,22H,14H2,(H,25,28)(H,26,27). The Balaban J connectivity index is 1.47. The molecule has 3 aromatic rings. The average molecular weight is 412 g/mol. The molecular formula is C22H18F2N2O4. The molecule has 30 heavy (non-hydrogen) atoms. The Bertz CT molecular complexity index is 978. The van der Waals surface area contributed by atoms with Gasteiger partial charge < -0.3 is 20.1 Å². The number of benzene rings is 3. The van der Waals surface area contributed by atoms with Gasteiger partial charge in [-0.3, -0.25) is 9.59 Å². The molecule has 8 heteroatoms. The van der Waals surface area contributed by atoms with E-state index in [9.17, 15) is 18.4 Å². The van der Waals surface area contributed by atoms with E-state index in [0.29, 0.717) is 22.7 Å². The molecule has 0 atom stereocenters. The van der Waals surface area contributed by atoms with Gasteiger partial charge in [-0.05, 0) is 60.7 Å². The van der Waals surface area contributed by atoms with Crippen LogP contribution in [-0.4, -0.2) is 25.0 Å². The second kappa shape index (κ2) is 10.0. The zero-order valence-electron chi connectivity index (χ0n) is 15.7. The molecule has 0 saturated heterocycles. The number of alkyl halides is 2. The number of hydrogen-bond donors (Lipinski definition) is 2. The van der Waals surface area contributed by atoms with Gasteiger partial charge in [0.05, 0.1) is 6.54 Å². The molecule has 0 unspecified atom stereocenters. The molecule has 0 bridgehead atoms. The van der Waals surface area contributed by atoms with E-state index < -0.39 is 18.4 Å². The predicted octanol–water partition coefficient (Wildman–Crippen LogP) is 4.45. The Hall–Kier alpha value is -3.94. The molecule has 6 nitrogen and oxygen atoms in total. The van der Waals surface area contributed by atoms with Crippen LogP contribution in [0.1, 0.15) is 10.4 Å². The van der Waals surface area contributed by atoms with Crippen molar-refractivity contribution in [3.05, 3.63) is 84.4 Å². The highest BCUT2D eigenvalue weighted by Crippen LogP contribution is 2.21. The van der Waals surface area contributed by atoms with Gasteiger partial charge in [-0.2, -0.15) is 8.78 Å². The smallest absolute Gasteiger partial charge is 0.387 e. The normalized spacial score (nSPS) is 10.4. The van der Waals surface area contributed by atoms with Crippen LogP contribution >= 0.6 is 0 Å². The molecule has 3 rings (SSSR count). The lowest BCUT2D eigenvalue weighted by atomic mass is 10.2. The number of hydrogen-bond acceptors (Lipinski definition) is 4. The molecule has 0 aliphatic rings. The molecule has 154 valence electrons. The van der Waals surface area contributed by atoms with E-state index in [2.05, 4.69) is 15.4 Å². The number of nitrogens with one attached hydrogen (secondary N) is 2. The molecule has 0 spiro atoms. The SMILES string of the molecule is O=C(CNC(=O)c1ccc(Oc2ccccc2)cc1)Nc1ccc(OC(F)F)cc1. The second-order valence-corrected chi connectivity index (χ2v) is 6.07. The van der Waals surface area contributed by atoms with E-state index in [1.165, 1.54) is 24.3 Å². The summed E-state index contributed by atoms with van der Waals surface area (Å²) in [6, 6.07) is 21.2. The van der Waals surface area contributed by atoms with Crippen molar-refractivity contribution in [1.82, 2.24) is 5.32 Å². The molecule has 2 N–H and O–H groups in total. The maximum absolute atomic E-state index is 12.2. The second-order valence-electron chi connectivity index (χ2n) is 6.07. The summed E-state index contributed by atoms with van der Waals surface area (Å²) in [5.41, 5.74) is 0.759. The maximum Gasteiger partial charge on any atom is 0.387 e. The fraction of sp³-hybridized carbons (Fsp3) is 0.0909. The van der Waals surface area contributed by atoms with Gasteiger partial charge in [-0.1, -0.05) is 18.2 Å². The van der Waals surface area contributed by atoms with Crippen LogP contribution in [0.3, 0.4) is 0 Å². The lowest BCUT2D eigenvalue weighted by Crippen LogP contribution is -2.32. The van der Waals surface area contributed by atoms with Crippen molar-refractivity contribution in [3.8, 4) is 17.2 Å². The zero-order chi connectivity index (χ0) is 21.3. The van der Waals surface area contributed by atoms with Crippen molar-refractivity contribution in [2.75, 3.05) is 11.9 Å². The largest absolute Gasteiger partial charge is 0.457 e. The summed E-state index contributed by atoms with van der Waals surface area (Å²) in [7, 11) is 0. The molecule has 0 heterocycles. The summed E-state index contributed by atoms with van der Waals surface area (Å²) in [5.74, 6) is 0.359. The number of carbonyl (C=O) groups excluding carboxylic acids is 2. The van der Waals surface area contributed by atoms with E-state index in [4.69, 9.17) is 4.74 Å². The minimum atomic E-state index is -2.92. The molecule has 0 aliphatic heterocycles. The fourth-order valence-corrected chi connectivity index (χ4v) is 2.49. The van der Waals surface area contributed by atoms with Crippen molar-refractivity contribution in [3.63, 3.8) is 0 Å². The third-order valence-corrected chi connectivity index (χ3v) is 3.87. The van der Waals surface area contributed by atoms with E-state index in [1.807, 2.05) is 30.3 Å². The van der Waals surface area contributed by atoms with Crippen LogP contribution in [0, 0.1) is 0 Å². The van der Waals surface area contributed by atoms with Gasteiger partial charge in [-0.25, -0.2) is 0 Å². The molecule has 3 aromatic carbocycles. The quantitative estimate of drug-likeness (QED) is 0.573. The van der Waals surface area contributed by atoms with Crippen LogP contribution < -0.4 is 20.1 Å². The first-order valence-electron chi connectivity index (χ1n) is 8.95. The van der Waals surface area contributed by atoms with E-state index in [0.717, 1.165) is 0 Å². The van der Waals surface area contributed by atoms with Gasteiger partial charge in [0.2, 0.25) is 5.91 Å². The highest BCUT2D eigenvalue weighted by molar-refractivity contribution is 5.99. The van der Waals surface area contributed by atoms with Gasteiger partial charge >= 0.3 is 6.61 Å². The summed E-state index contributed by atoms with van der Waals surface area (Å²) in [6.07, 6.45) is 0. The van der Waals surface area contributed by atoms with Crippen LogP contribution in [0.4, 0.5) is 14.5 Å². The van der Waals surface area contributed by atoms with Crippen molar-refractivity contribution in [2.45, 2.75) is 6.61 Å². The Morgan fingerprint density at radius 3 is 2.03 bits per heavy atom. The summed E-state index contributed by atoms with van der Waals surface area (Å²) in [6.45, 7) is -3.17. The number of rotatable bonds is 8. The number of amides is 2. The number of para-hydroxylation sites is 1. The Labute approximate surface area is 171 Å². The van der Waals surface area contributed by atoms with Crippen LogP contribution in [0.25, 0.3) is 0 Å². The number of carbonyl (C=O) groups is 2. The number of anilines is 1. The minimum absolute atomic E-state index is 0.0176. The first kappa shape index (κ1) is 20.8. The van der Waals surface area contributed by atoms with Crippen molar-refractivity contribution < 1.29 is 27.8 Å². The summed E-state index contributed by atoms with van der Waals surface area (Å²) in [4.78, 5) is 24.2. The fourth-order valence-electron chi connectivity index (χ4n) is 2.49. The Morgan fingerprint density at radius 2 is 1.40 bits per heavy atom. The van der Waals surface area contributed by atoms with Crippen molar-refractivity contribution in [1.29, 1.82) is 0 Å². The monoisotopic (exact) mass is 412 g/mol. The highest BCUT2D eigenvalue weighted by Gasteiger charge is 2.10. The Morgan fingerprint density at radius 1 is 0.800 bits per heavy atom. The van der Waals surface area contributed by atoms with Gasteiger partial charge in [0.25, 0.3) is 5.91 Å². The van der Waals surface area contributed by atoms with Crippen molar-refractivity contribution >= 4 is 17.5 Å². The first-order chi connectivity index (χ1) is 14.5. The number of ether oxygens (including phenoxy) is 2. The third-order valence-electron chi connectivity index (χ3n) is 3.87. The summed E-state index contributed by atoms with van der Waals surface area (Å²) in [5, 5.41) is 5.06. The van der Waals surface area contributed by atoms with Crippen LogP contribution in [0.15, 0.2) is 78.9 Å². The topological polar surface area (TPSA) is 76.7 Å². The van der Waals surface area contributed by atoms with Gasteiger partial charge in [0.15, 0.2) is 0 Å². The lowest BCUT2D eigenvalue weighted by Gasteiger charge is -2.09. The van der Waals surface area contributed by atoms with Crippen LogP contribution in [0.2, 0.25) is 0 Å². The van der Waals surface area contributed by atoms with E-state index >= 15 is 0 Å². The molecule has 0 aliphatic carbocycles. The molecule has 0 saturated carbocycles. The highest BCUT2D eigenvalue weighted by atomic mass is 19.3. The average Bonchev–Trinajstić information content (AvgIpc) is 2.74. The van der Waals surface area contributed by atoms with Gasteiger partial charge in [-0.15, -0.1) is 0 Å². The van der Waals surface area contributed by atoms with E-state index in [1.54, 1.807) is 24.3 Å². The van der Waals surface area contributed by atoms with Crippen LogP contribution in [0.5, 0.6) is 17.2 Å². The van der Waals surface area contributed by atoms with Gasteiger partial charge in [0.1, 0.15) is 17.2 Å². The summed E-state index contributed by atoms with van der Waals surface area (Å²) < 4.78 is 34.1. The number of halogens is 2. The van der Waals surface area contributed by atoms with Gasteiger partial charge in [0, 0.05) is 11.3 Å². The lowest BCUT2D eigenvalue weighted by molar-refractivity contribution is -0.115. The predicted molar refractivity (Wildman–Crippen MR) is 107 cm³/mol. The van der Waals surface area contributed by atoms with Crippen molar-refractivity contribution in [2.24, 2.45) is 0 Å². The molecular weight excluding hydrogens is 394 g/mol. The first-order valence-corrected chi connectivity index (χ1v) is 8.95. The Kier molecular flexibility index (Phi) is 6.94. The molecule has 0 aromatic heterocycles. The third kappa shape index (κ3) is 6.30. The van der Waals surface area contributed by atoms with Crippen LogP contribution in [-0.2, 0) is 4.79 Å². The maximum atomic E-state index is 12.2. The zero-order valence-corrected chi connectivity index (χ0v) is 15.7. The minimum Gasteiger partial charge on any atom is -0.457 e. The van der Waals surface area contributed by atoms with E-state index in [-0.39, 0.29) is 12.3 Å².